The molecule has 0 saturated heterocycles. The van der Waals surface area contributed by atoms with Gasteiger partial charge in [0.1, 0.15) is 5.52 Å². The van der Waals surface area contributed by atoms with Gasteiger partial charge in [0.2, 0.25) is 11.2 Å². The highest BCUT2D eigenvalue weighted by atomic mass is 35.5. The lowest BCUT2D eigenvalue weighted by Gasteiger charge is -2.11. The maximum absolute atomic E-state index is 12.4. The fraction of sp³-hybridized carbons (Fsp3) is 0.222. The van der Waals surface area contributed by atoms with Crippen LogP contribution in [0.2, 0.25) is 5.28 Å². The van der Waals surface area contributed by atoms with Crippen LogP contribution in [0, 0.1) is 0 Å². The number of aromatic amines is 1. The van der Waals surface area contributed by atoms with Gasteiger partial charge in [-0.05, 0) is 43.6 Å². The van der Waals surface area contributed by atoms with Crippen LogP contribution in [0.25, 0.3) is 22.1 Å². The molecule has 0 spiro atoms. The Morgan fingerprint density at radius 3 is 2.96 bits per heavy atom. The van der Waals surface area contributed by atoms with Crippen LogP contribution in [-0.4, -0.2) is 37.0 Å². The van der Waals surface area contributed by atoms with Crippen molar-refractivity contribution in [1.82, 2.24) is 24.5 Å². The summed E-state index contributed by atoms with van der Waals surface area (Å²) in [5.74, 6) is 0.240. The summed E-state index contributed by atoms with van der Waals surface area (Å²) in [6, 6.07) is 8.22. The summed E-state index contributed by atoms with van der Waals surface area (Å²) in [6.45, 7) is 4.28. The molecule has 0 unspecified atom stereocenters. The predicted octanol–water partition coefficient (Wildman–Crippen LogP) is 3.59. The van der Waals surface area contributed by atoms with Crippen molar-refractivity contribution < 1.29 is 4.79 Å². The van der Waals surface area contributed by atoms with Crippen LogP contribution >= 0.6 is 11.6 Å². The van der Waals surface area contributed by atoms with Crippen molar-refractivity contribution in [2.24, 2.45) is 0 Å². The van der Waals surface area contributed by atoms with Gasteiger partial charge >= 0.3 is 0 Å². The molecular formula is C18H18ClN7O. The molecule has 0 fully saturated rings. The highest BCUT2D eigenvalue weighted by molar-refractivity contribution is 6.28. The number of aromatic nitrogens is 5. The van der Waals surface area contributed by atoms with Gasteiger partial charge in [0, 0.05) is 17.6 Å². The number of carbonyl (C=O) groups is 1. The summed E-state index contributed by atoms with van der Waals surface area (Å²) in [6.07, 6.45) is 3.53. The Balaban J connectivity index is 1.51. The Morgan fingerprint density at radius 1 is 1.30 bits per heavy atom. The van der Waals surface area contributed by atoms with E-state index in [0.717, 1.165) is 16.6 Å². The lowest BCUT2D eigenvalue weighted by atomic mass is 10.2. The first kappa shape index (κ1) is 17.3. The Kier molecular flexibility index (Phi) is 4.41. The number of hydrogen-bond donors (Lipinski definition) is 3. The molecule has 4 rings (SSSR count). The largest absolute Gasteiger partial charge is 0.359 e. The van der Waals surface area contributed by atoms with Gasteiger partial charge in [-0.2, -0.15) is 9.97 Å². The fourth-order valence-corrected chi connectivity index (χ4v) is 3.21. The number of nitrogens with one attached hydrogen (secondary N) is 3. The lowest BCUT2D eigenvalue weighted by Crippen LogP contribution is -2.22. The number of amides is 1. The first-order valence-electron chi connectivity index (χ1n) is 8.53. The molecule has 8 nitrogen and oxygen atoms in total. The topological polar surface area (TPSA) is 101 Å². The van der Waals surface area contributed by atoms with Gasteiger partial charge in [-0.1, -0.05) is 6.07 Å². The number of anilines is 2. The van der Waals surface area contributed by atoms with E-state index < -0.39 is 0 Å². The molecule has 4 aromatic rings. The average molecular weight is 384 g/mol. The minimum Gasteiger partial charge on any atom is -0.359 e. The third-order valence-corrected chi connectivity index (χ3v) is 4.44. The van der Waals surface area contributed by atoms with E-state index in [1.165, 1.54) is 6.33 Å². The molecule has 0 atom stereocenters. The molecule has 0 aliphatic heterocycles. The van der Waals surface area contributed by atoms with E-state index in [-0.39, 0.29) is 17.7 Å². The van der Waals surface area contributed by atoms with Crippen molar-refractivity contribution in [2.75, 3.05) is 17.2 Å². The number of rotatable bonds is 5. The molecule has 9 heteroatoms. The minimum atomic E-state index is -0.192. The van der Waals surface area contributed by atoms with Crippen LogP contribution in [0.15, 0.2) is 36.8 Å². The molecule has 27 heavy (non-hydrogen) atoms. The Bertz CT molecular complexity index is 1130. The van der Waals surface area contributed by atoms with E-state index >= 15 is 0 Å². The number of H-pyrrole nitrogens is 1. The molecule has 0 saturated carbocycles. The number of hydrogen-bond acceptors (Lipinski definition) is 5. The molecule has 1 aromatic carbocycles. The van der Waals surface area contributed by atoms with E-state index in [0.29, 0.717) is 23.0 Å². The second-order valence-electron chi connectivity index (χ2n) is 6.40. The van der Waals surface area contributed by atoms with E-state index in [1.807, 2.05) is 30.5 Å². The first-order chi connectivity index (χ1) is 13.0. The molecule has 3 heterocycles. The van der Waals surface area contributed by atoms with Crippen molar-refractivity contribution in [3.8, 4) is 0 Å². The number of imidazole rings is 1. The van der Waals surface area contributed by atoms with Crippen LogP contribution in [-0.2, 0) is 4.79 Å². The van der Waals surface area contributed by atoms with Crippen LogP contribution < -0.4 is 10.6 Å². The quantitative estimate of drug-likeness (QED) is 0.457. The van der Waals surface area contributed by atoms with Crippen LogP contribution in [0.5, 0.6) is 0 Å². The van der Waals surface area contributed by atoms with Gasteiger partial charge in [-0.15, -0.1) is 0 Å². The van der Waals surface area contributed by atoms with Crippen molar-refractivity contribution >= 4 is 51.1 Å². The summed E-state index contributed by atoms with van der Waals surface area (Å²) in [7, 11) is 0. The molecule has 3 N–H and O–H groups in total. The monoisotopic (exact) mass is 383 g/mol. The summed E-state index contributed by atoms with van der Waals surface area (Å²) in [5.41, 5.74) is 2.89. The second kappa shape index (κ2) is 6.88. The van der Waals surface area contributed by atoms with E-state index in [9.17, 15) is 4.79 Å². The van der Waals surface area contributed by atoms with Gasteiger partial charge in [0.15, 0.2) is 11.5 Å². The van der Waals surface area contributed by atoms with E-state index in [4.69, 9.17) is 11.6 Å². The third-order valence-electron chi connectivity index (χ3n) is 4.27. The smallest absolute Gasteiger partial charge is 0.243 e. The predicted molar refractivity (Wildman–Crippen MR) is 106 cm³/mol. The van der Waals surface area contributed by atoms with Crippen LogP contribution in [0.1, 0.15) is 19.9 Å². The maximum Gasteiger partial charge on any atom is 0.243 e. The Morgan fingerprint density at radius 2 is 2.15 bits per heavy atom. The molecule has 138 valence electrons. The molecule has 1 amide bonds. The number of benzene rings is 1. The maximum atomic E-state index is 12.4. The van der Waals surface area contributed by atoms with Crippen molar-refractivity contribution in [2.45, 2.75) is 19.9 Å². The fourth-order valence-electron chi connectivity index (χ4n) is 3.04. The first-order valence-corrected chi connectivity index (χ1v) is 8.90. The number of carbonyl (C=O) groups excluding carboxylic acids is 1. The Hall–Kier alpha value is -3.13. The zero-order valence-electron chi connectivity index (χ0n) is 14.8. The summed E-state index contributed by atoms with van der Waals surface area (Å²) in [5, 5.41) is 7.00. The zero-order valence-corrected chi connectivity index (χ0v) is 15.6. The van der Waals surface area contributed by atoms with E-state index in [1.54, 1.807) is 0 Å². The van der Waals surface area contributed by atoms with Gasteiger partial charge < -0.3 is 20.2 Å². The van der Waals surface area contributed by atoms with Crippen molar-refractivity contribution in [3.05, 3.63) is 42.1 Å². The lowest BCUT2D eigenvalue weighted by molar-refractivity contribution is -0.114. The standard InChI is InChI=1S/C18H18ClN7O/c1-10(2)26-7-6-11-12(4-3-5-13(11)26)23-14(27)8-20-16-15-17(22-9-21-15)25-18(19)24-16/h3-7,9-10H,8H2,1-2H3,(H,23,27)(H2,20,21,22,24,25). The highest BCUT2D eigenvalue weighted by Gasteiger charge is 2.12. The highest BCUT2D eigenvalue weighted by Crippen LogP contribution is 2.27. The molecule has 0 aliphatic carbocycles. The number of halogens is 1. The molecule has 3 aromatic heterocycles. The second-order valence-corrected chi connectivity index (χ2v) is 6.74. The minimum absolute atomic E-state index is 0.0305. The normalized spacial score (nSPS) is 11.4. The van der Waals surface area contributed by atoms with E-state index in [2.05, 4.69) is 49.0 Å². The molecular weight excluding hydrogens is 366 g/mol. The van der Waals surface area contributed by atoms with Gasteiger partial charge in [0.05, 0.1) is 24.1 Å². The molecule has 0 radical (unpaired) electrons. The average Bonchev–Trinajstić information content (AvgIpc) is 3.26. The molecule has 0 aliphatic rings. The van der Waals surface area contributed by atoms with Crippen LogP contribution in [0.3, 0.4) is 0 Å². The summed E-state index contributed by atoms with van der Waals surface area (Å²) < 4.78 is 2.17. The van der Waals surface area contributed by atoms with Gasteiger partial charge in [-0.25, -0.2) is 4.98 Å². The van der Waals surface area contributed by atoms with Crippen molar-refractivity contribution in [1.29, 1.82) is 0 Å². The SMILES string of the molecule is CC(C)n1ccc2c(NC(=O)CNc3nc(Cl)nc4nc[nH]c34)cccc21. The Labute approximate surface area is 160 Å². The number of nitrogens with zero attached hydrogens (tertiary/aromatic N) is 4. The third kappa shape index (κ3) is 3.31. The summed E-state index contributed by atoms with van der Waals surface area (Å²) >= 11 is 5.90. The van der Waals surface area contributed by atoms with Gasteiger partial charge in [0.25, 0.3) is 0 Å². The molecule has 0 bridgehead atoms. The number of fused-ring (bicyclic) bond motifs is 2. The zero-order chi connectivity index (χ0) is 19.0. The van der Waals surface area contributed by atoms with Crippen molar-refractivity contribution in [3.63, 3.8) is 0 Å². The van der Waals surface area contributed by atoms with Crippen LogP contribution in [0.4, 0.5) is 11.5 Å². The summed E-state index contributed by atoms with van der Waals surface area (Å²) in [4.78, 5) is 27.6. The van der Waals surface area contributed by atoms with Gasteiger partial charge in [-0.3, -0.25) is 4.79 Å².